The number of hydrogen-bond donors (Lipinski definition) is 0. The van der Waals surface area contributed by atoms with Crippen LogP contribution in [0.2, 0.25) is 0 Å². The molecule has 3 rings (SSSR count). The van der Waals surface area contributed by atoms with Crippen molar-refractivity contribution in [2.75, 3.05) is 0 Å². The summed E-state index contributed by atoms with van der Waals surface area (Å²) in [4.78, 5) is 20.4. The van der Waals surface area contributed by atoms with E-state index in [4.69, 9.17) is 0 Å². The summed E-state index contributed by atoms with van der Waals surface area (Å²) >= 11 is 0. The first-order valence-corrected chi connectivity index (χ1v) is 5.30. The summed E-state index contributed by atoms with van der Waals surface area (Å²) in [5.41, 5.74) is 3.50. The number of rotatable bonds is 0. The van der Waals surface area contributed by atoms with Gasteiger partial charge >= 0.3 is 0 Å². The van der Waals surface area contributed by atoms with Crippen LogP contribution in [-0.2, 0) is 0 Å². The largest absolute Gasteiger partial charge is 0.273 e. The van der Waals surface area contributed by atoms with Crippen LogP contribution in [0.15, 0.2) is 24.3 Å². The molecule has 1 aromatic carbocycles. The van der Waals surface area contributed by atoms with Crippen molar-refractivity contribution in [2.24, 2.45) is 0 Å². The van der Waals surface area contributed by atoms with Gasteiger partial charge in [-0.15, -0.1) is 0 Å². The van der Waals surface area contributed by atoms with E-state index in [9.17, 15) is 4.79 Å². The van der Waals surface area contributed by atoms with E-state index < -0.39 is 0 Å². The van der Waals surface area contributed by atoms with Crippen LogP contribution in [-0.4, -0.2) is 25.7 Å². The molecular weight excluding hydrogens is 216 g/mol. The highest BCUT2D eigenvalue weighted by Crippen LogP contribution is 2.18. The second-order valence-corrected chi connectivity index (χ2v) is 3.90. The molecule has 0 radical (unpaired) electrons. The molecule has 0 aliphatic carbocycles. The first kappa shape index (κ1) is 9.89. The molecule has 2 heterocycles. The zero-order valence-electron chi connectivity index (χ0n) is 9.51. The molecule has 2 aromatic heterocycles. The maximum absolute atomic E-state index is 11.4. The average Bonchev–Trinajstić information content (AvgIpc) is 2.64. The van der Waals surface area contributed by atoms with Crippen LogP contribution in [0.5, 0.6) is 0 Å². The summed E-state index contributed by atoms with van der Waals surface area (Å²) < 4.78 is 1.30. The molecular formula is C12H10N4O. The summed E-state index contributed by atoms with van der Waals surface area (Å²) in [6.07, 6.45) is 0. The lowest BCUT2D eigenvalue weighted by molar-refractivity contribution is 0.0925. The van der Waals surface area contributed by atoms with Gasteiger partial charge in [0, 0.05) is 6.92 Å². The number of carbonyl (C=O) groups is 1. The smallest absolute Gasteiger partial charge is 0.245 e. The van der Waals surface area contributed by atoms with Gasteiger partial charge in [-0.2, -0.15) is 9.78 Å². The predicted octanol–water partition coefficient (Wildman–Crippen LogP) is 1.95. The van der Waals surface area contributed by atoms with E-state index in [1.165, 1.54) is 11.6 Å². The average molecular weight is 226 g/mol. The number of aromatic nitrogens is 4. The molecule has 0 amide bonds. The van der Waals surface area contributed by atoms with Gasteiger partial charge in [-0.3, -0.25) is 4.79 Å². The first-order chi connectivity index (χ1) is 8.16. The van der Waals surface area contributed by atoms with Gasteiger partial charge in [-0.05, 0) is 19.1 Å². The fourth-order valence-corrected chi connectivity index (χ4v) is 1.85. The molecule has 5 heteroatoms. The Hall–Kier alpha value is -2.30. The number of hydrogen-bond acceptors (Lipinski definition) is 4. The third kappa shape index (κ3) is 1.39. The molecule has 0 bridgehead atoms. The Kier molecular flexibility index (Phi) is 1.95. The normalized spacial score (nSPS) is 11.2. The lowest BCUT2D eigenvalue weighted by atomic mass is 10.3. The highest BCUT2D eigenvalue weighted by molar-refractivity contribution is 5.91. The van der Waals surface area contributed by atoms with Crippen molar-refractivity contribution in [3.05, 3.63) is 30.0 Å². The Morgan fingerprint density at radius 1 is 1.18 bits per heavy atom. The lowest BCUT2D eigenvalue weighted by Gasteiger charge is -1.98. The first-order valence-electron chi connectivity index (χ1n) is 5.30. The summed E-state index contributed by atoms with van der Waals surface area (Å²) in [5.74, 6) is -0.160. The van der Waals surface area contributed by atoms with E-state index in [-0.39, 0.29) is 5.91 Å². The van der Waals surface area contributed by atoms with Crippen molar-refractivity contribution in [1.29, 1.82) is 0 Å². The number of para-hydroxylation sites is 2. The third-order valence-corrected chi connectivity index (χ3v) is 2.64. The fraction of sp³-hybridized carbons (Fsp3) is 0.167. The van der Waals surface area contributed by atoms with Gasteiger partial charge in [0.2, 0.25) is 5.91 Å². The fourth-order valence-electron chi connectivity index (χ4n) is 1.85. The monoisotopic (exact) mass is 226 g/mol. The van der Waals surface area contributed by atoms with E-state index in [1.807, 2.05) is 31.2 Å². The predicted molar refractivity (Wildman–Crippen MR) is 63.9 cm³/mol. The standard InChI is InChI=1S/C12H10N4O/c1-7-11-12(16(15-7)8(2)17)14-10-6-4-3-5-9(10)13-11/h3-6H,1-2H3. The maximum atomic E-state index is 11.4. The van der Waals surface area contributed by atoms with E-state index in [2.05, 4.69) is 15.1 Å². The van der Waals surface area contributed by atoms with E-state index in [0.29, 0.717) is 16.9 Å². The molecule has 0 atom stereocenters. The van der Waals surface area contributed by atoms with E-state index in [1.54, 1.807) is 0 Å². The summed E-state index contributed by atoms with van der Waals surface area (Å²) in [7, 11) is 0. The highest BCUT2D eigenvalue weighted by Gasteiger charge is 2.13. The van der Waals surface area contributed by atoms with Crippen molar-refractivity contribution < 1.29 is 4.79 Å². The zero-order chi connectivity index (χ0) is 12.0. The summed E-state index contributed by atoms with van der Waals surface area (Å²) in [5, 5.41) is 4.15. The Morgan fingerprint density at radius 2 is 1.82 bits per heavy atom. The molecule has 0 saturated heterocycles. The van der Waals surface area contributed by atoms with Crippen LogP contribution < -0.4 is 0 Å². The van der Waals surface area contributed by atoms with E-state index >= 15 is 0 Å². The van der Waals surface area contributed by atoms with Crippen molar-refractivity contribution in [3.63, 3.8) is 0 Å². The van der Waals surface area contributed by atoms with Gasteiger partial charge in [-0.25, -0.2) is 9.97 Å². The van der Waals surface area contributed by atoms with Crippen LogP contribution in [0.3, 0.4) is 0 Å². The van der Waals surface area contributed by atoms with Crippen molar-refractivity contribution in [1.82, 2.24) is 19.7 Å². The molecule has 0 spiro atoms. The molecule has 0 aliphatic heterocycles. The molecule has 0 unspecified atom stereocenters. The molecule has 0 aliphatic rings. The van der Waals surface area contributed by atoms with Crippen LogP contribution in [0.1, 0.15) is 17.4 Å². The number of fused-ring (bicyclic) bond motifs is 2. The molecule has 5 nitrogen and oxygen atoms in total. The minimum atomic E-state index is -0.160. The highest BCUT2D eigenvalue weighted by atomic mass is 16.2. The number of benzene rings is 1. The van der Waals surface area contributed by atoms with Crippen LogP contribution >= 0.6 is 0 Å². The van der Waals surface area contributed by atoms with Crippen LogP contribution in [0.4, 0.5) is 0 Å². The van der Waals surface area contributed by atoms with Gasteiger partial charge in [0.1, 0.15) is 5.52 Å². The Morgan fingerprint density at radius 3 is 2.47 bits per heavy atom. The van der Waals surface area contributed by atoms with E-state index in [0.717, 1.165) is 11.0 Å². The Labute approximate surface area is 97.1 Å². The van der Waals surface area contributed by atoms with Crippen molar-refractivity contribution in [2.45, 2.75) is 13.8 Å². The number of carbonyl (C=O) groups excluding carboxylic acids is 1. The maximum Gasteiger partial charge on any atom is 0.245 e. The quantitative estimate of drug-likeness (QED) is 0.587. The molecule has 3 aromatic rings. The molecule has 0 N–H and O–H groups in total. The van der Waals surface area contributed by atoms with Crippen LogP contribution in [0, 0.1) is 6.92 Å². The van der Waals surface area contributed by atoms with Gasteiger partial charge in [0.15, 0.2) is 5.65 Å². The third-order valence-electron chi connectivity index (χ3n) is 2.64. The van der Waals surface area contributed by atoms with Gasteiger partial charge in [-0.1, -0.05) is 12.1 Å². The minimum absolute atomic E-state index is 0.160. The lowest BCUT2D eigenvalue weighted by Crippen LogP contribution is -2.08. The minimum Gasteiger partial charge on any atom is -0.273 e. The van der Waals surface area contributed by atoms with Gasteiger partial charge in [0.05, 0.1) is 16.7 Å². The summed E-state index contributed by atoms with van der Waals surface area (Å²) in [6.45, 7) is 3.29. The Bertz CT molecular complexity index is 745. The van der Waals surface area contributed by atoms with Gasteiger partial charge in [0.25, 0.3) is 0 Å². The van der Waals surface area contributed by atoms with Crippen molar-refractivity contribution >= 4 is 28.1 Å². The number of nitrogens with zero attached hydrogens (tertiary/aromatic N) is 4. The van der Waals surface area contributed by atoms with Gasteiger partial charge < -0.3 is 0 Å². The Balaban J connectivity index is 2.49. The summed E-state index contributed by atoms with van der Waals surface area (Å²) in [6, 6.07) is 7.57. The van der Waals surface area contributed by atoms with Crippen molar-refractivity contribution in [3.8, 4) is 0 Å². The SMILES string of the molecule is CC(=O)n1nc(C)c2nc3ccccc3nc21. The molecule has 84 valence electrons. The van der Waals surface area contributed by atoms with Crippen LogP contribution in [0.25, 0.3) is 22.2 Å². The topological polar surface area (TPSA) is 60.7 Å². The second kappa shape index (κ2) is 3.35. The zero-order valence-corrected chi connectivity index (χ0v) is 9.51. The number of aryl methyl sites for hydroxylation is 1. The second-order valence-electron chi connectivity index (χ2n) is 3.90. The molecule has 17 heavy (non-hydrogen) atoms. The molecule has 0 saturated carbocycles. The molecule has 0 fully saturated rings.